The second-order valence-corrected chi connectivity index (χ2v) is 8.31. The lowest BCUT2D eigenvalue weighted by atomic mass is 9.90. The normalized spacial score (nSPS) is 20.8. The van der Waals surface area contributed by atoms with Crippen LogP contribution in [0.5, 0.6) is 0 Å². The van der Waals surface area contributed by atoms with Gasteiger partial charge in [-0.1, -0.05) is 0 Å². The Labute approximate surface area is 181 Å². The molecule has 2 atom stereocenters. The van der Waals surface area contributed by atoms with E-state index in [1.165, 1.54) is 0 Å². The third-order valence-electron chi connectivity index (χ3n) is 6.22. The predicted molar refractivity (Wildman–Crippen MR) is 117 cm³/mol. The number of benzene rings is 1. The molecular formula is C22H27N7O2. The van der Waals surface area contributed by atoms with Gasteiger partial charge >= 0.3 is 0 Å². The number of aliphatic hydroxyl groups is 1. The summed E-state index contributed by atoms with van der Waals surface area (Å²) in [4.78, 5) is 4.52. The first-order valence-corrected chi connectivity index (χ1v) is 10.9. The van der Waals surface area contributed by atoms with Crippen molar-refractivity contribution in [2.45, 2.75) is 25.9 Å². The van der Waals surface area contributed by atoms with Crippen LogP contribution in [0, 0.1) is 12.8 Å². The maximum absolute atomic E-state index is 10.9. The van der Waals surface area contributed by atoms with Crippen LogP contribution >= 0.6 is 0 Å². The molecule has 1 N–H and O–H groups in total. The Morgan fingerprint density at radius 2 is 1.87 bits per heavy atom. The van der Waals surface area contributed by atoms with Crippen molar-refractivity contribution >= 4 is 22.4 Å². The number of anilines is 2. The van der Waals surface area contributed by atoms with Crippen molar-refractivity contribution in [2.75, 3.05) is 49.2 Å². The molecule has 9 nitrogen and oxygen atoms in total. The Morgan fingerprint density at radius 1 is 1.00 bits per heavy atom. The van der Waals surface area contributed by atoms with Gasteiger partial charge in [0.1, 0.15) is 11.6 Å². The molecule has 3 aromatic rings. The van der Waals surface area contributed by atoms with Crippen molar-refractivity contribution in [1.29, 1.82) is 0 Å². The Balaban J connectivity index is 1.38. The molecule has 2 aromatic heterocycles. The second-order valence-electron chi connectivity index (χ2n) is 8.31. The van der Waals surface area contributed by atoms with E-state index in [-0.39, 0.29) is 5.92 Å². The molecule has 2 fully saturated rings. The van der Waals surface area contributed by atoms with Gasteiger partial charge in [-0.15, -0.1) is 10.2 Å². The van der Waals surface area contributed by atoms with Crippen molar-refractivity contribution in [3.8, 4) is 0 Å². The monoisotopic (exact) mass is 421 g/mol. The molecule has 9 heteroatoms. The van der Waals surface area contributed by atoms with Gasteiger partial charge in [0.05, 0.1) is 24.6 Å². The fourth-order valence-electron chi connectivity index (χ4n) is 4.48. The van der Waals surface area contributed by atoms with Crippen LogP contribution in [0.3, 0.4) is 0 Å². The fourth-order valence-corrected chi connectivity index (χ4v) is 4.48. The maximum Gasteiger partial charge on any atom is 0.162 e. The lowest BCUT2D eigenvalue weighted by Gasteiger charge is -2.35. The molecule has 0 spiro atoms. The summed E-state index contributed by atoms with van der Waals surface area (Å²) in [5.74, 6) is 0.883. The number of morpholine rings is 1. The molecule has 0 unspecified atom stereocenters. The van der Waals surface area contributed by atoms with E-state index < -0.39 is 6.10 Å². The molecule has 2 aliphatic rings. The van der Waals surface area contributed by atoms with Gasteiger partial charge in [-0.05, 0) is 55.3 Å². The summed E-state index contributed by atoms with van der Waals surface area (Å²) < 4.78 is 5.46. The minimum atomic E-state index is -0.648. The van der Waals surface area contributed by atoms with Crippen molar-refractivity contribution in [3.05, 3.63) is 41.7 Å². The van der Waals surface area contributed by atoms with E-state index >= 15 is 0 Å². The molecule has 0 radical (unpaired) electrons. The van der Waals surface area contributed by atoms with E-state index in [9.17, 15) is 5.11 Å². The number of piperidine rings is 1. The minimum absolute atomic E-state index is 0.0587. The lowest BCUT2D eigenvalue weighted by molar-refractivity contribution is 0.0932. The highest BCUT2D eigenvalue weighted by Crippen LogP contribution is 2.33. The SMILES string of the molecule is Cc1ccc([C@@H](O)[C@H]2CCCN(c3nnnc4cc(N5CCOCC5)ccc34)C2)nn1. The Morgan fingerprint density at radius 3 is 2.68 bits per heavy atom. The molecule has 4 heterocycles. The van der Waals surface area contributed by atoms with E-state index in [4.69, 9.17) is 4.74 Å². The number of aliphatic hydroxyl groups excluding tert-OH is 1. The lowest BCUT2D eigenvalue weighted by Crippen LogP contribution is -2.39. The zero-order chi connectivity index (χ0) is 21.2. The van der Waals surface area contributed by atoms with Crippen LogP contribution in [0.15, 0.2) is 30.3 Å². The summed E-state index contributed by atoms with van der Waals surface area (Å²) in [5.41, 5.74) is 3.43. The average Bonchev–Trinajstić information content (AvgIpc) is 2.84. The molecule has 0 saturated carbocycles. The van der Waals surface area contributed by atoms with Gasteiger partial charge < -0.3 is 19.6 Å². The molecule has 31 heavy (non-hydrogen) atoms. The van der Waals surface area contributed by atoms with E-state index in [0.717, 1.165) is 73.8 Å². The number of hydrogen-bond acceptors (Lipinski definition) is 9. The van der Waals surface area contributed by atoms with Crippen LogP contribution in [0.25, 0.3) is 10.9 Å². The molecule has 5 rings (SSSR count). The highest BCUT2D eigenvalue weighted by Gasteiger charge is 2.29. The van der Waals surface area contributed by atoms with E-state index in [2.05, 4.69) is 53.6 Å². The summed E-state index contributed by atoms with van der Waals surface area (Å²) in [6.45, 7) is 6.71. The standard InChI is InChI=1S/C22H27N7O2/c1-15-4-7-19(24-23-15)21(30)16-3-2-8-29(14-16)22-18-6-5-17(13-20(18)25-27-26-22)28-9-11-31-12-10-28/h4-7,13,16,21,30H,2-3,8-12,14H2,1H3/t16-,21-/m0/s1. The van der Waals surface area contributed by atoms with Crippen LogP contribution in [-0.4, -0.2) is 70.1 Å². The van der Waals surface area contributed by atoms with Crippen LogP contribution in [0.4, 0.5) is 11.5 Å². The van der Waals surface area contributed by atoms with E-state index in [1.54, 1.807) is 0 Å². The number of ether oxygens (including phenoxy) is 1. The van der Waals surface area contributed by atoms with Crippen LogP contribution in [-0.2, 0) is 4.74 Å². The Hall–Kier alpha value is -2.91. The highest BCUT2D eigenvalue weighted by molar-refractivity contribution is 5.91. The molecule has 0 amide bonds. The predicted octanol–water partition coefficient (Wildman–Crippen LogP) is 1.91. The Bertz CT molecular complexity index is 1040. The third-order valence-corrected chi connectivity index (χ3v) is 6.22. The summed E-state index contributed by atoms with van der Waals surface area (Å²) >= 11 is 0. The van der Waals surface area contributed by atoms with Gasteiger partial charge in [0.15, 0.2) is 5.82 Å². The minimum Gasteiger partial charge on any atom is -0.386 e. The number of rotatable bonds is 4. The highest BCUT2D eigenvalue weighted by atomic mass is 16.5. The Kier molecular flexibility index (Phi) is 5.61. The van der Waals surface area contributed by atoms with Gasteiger partial charge in [0.25, 0.3) is 0 Å². The number of aromatic nitrogens is 5. The van der Waals surface area contributed by atoms with Gasteiger partial charge in [0, 0.05) is 43.2 Å². The number of nitrogens with zero attached hydrogens (tertiary/aromatic N) is 7. The van der Waals surface area contributed by atoms with Gasteiger partial charge in [-0.3, -0.25) is 0 Å². The molecule has 1 aromatic carbocycles. The summed E-state index contributed by atoms with van der Waals surface area (Å²) in [6.07, 6.45) is 1.26. The van der Waals surface area contributed by atoms with Crippen LogP contribution < -0.4 is 9.80 Å². The average molecular weight is 422 g/mol. The molecule has 0 aliphatic carbocycles. The zero-order valence-electron chi connectivity index (χ0n) is 17.7. The number of fused-ring (bicyclic) bond motifs is 1. The van der Waals surface area contributed by atoms with E-state index in [1.807, 2.05) is 19.1 Å². The largest absolute Gasteiger partial charge is 0.386 e. The first-order chi connectivity index (χ1) is 15.2. The summed E-state index contributed by atoms with van der Waals surface area (Å²) in [5, 5.41) is 32.9. The van der Waals surface area contributed by atoms with Gasteiger partial charge in [-0.2, -0.15) is 10.2 Å². The third kappa shape index (κ3) is 4.15. The van der Waals surface area contributed by atoms with Gasteiger partial charge in [-0.25, -0.2) is 0 Å². The quantitative estimate of drug-likeness (QED) is 0.677. The summed E-state index contributed by atoms with van der Waals surface area (Å²) in [7, 11) is 0. The second kappa shape index (κ2) is 8.68. The zero-order valence-corrected chi connectivity index (χ0v) is 17.7. The molecule has 162 valence electrons. The molecule has 2 aliphatic heterocycles. The first kappa shape index (κ1) is 20.0. The topological polar surface area (TPSA) is 100 Å². The van der Waals surface area contributed by atoms with E-state index in [0.29, 0.717) is 12.2 Å². The smallest absolute Gasteiger partial charge is 0.162 e. The van der Waals surface area contributed by atoms with Crippen molar-refractivity contribution in [2.24, 2.45) is 5.92 Å². The number of hydrogen-bond donors (Lipinski definition) is 1. The summed E-state index contributed by atoms with van der Waals surface area (Å²) in [6, 6.07) is 10.0. The molecule has 2 saturated heterocycles. The van der Waals surface area contributed by atoms with Gasteiger partial charge in [0.2, 0.25) is 0 Å². The maximum atomic E-state index is 10.9. The fraction of sp³-hybridized carbons (Fsp3) is 0.500. The van der Waals surface area contributed by atoms with Crippen LogP contribution in [0.1, 0.15) is 30.3 Å². The molecule has 0 bridgehead atoms. The first-order valence-electron chi connectivity index (χ1n) is 10.9. The van der Waals surface area contributed by atoms with Crippen LogP contribution in [0.2, 0.25) is 0 Å². The van der Waals surface area contributed by atoms with Crippen molar-refractivity contribution < 1.29 is 9.84 Å². The molecular weight excluding hydrogens is 394 g/mol. The van der Waals surface area contributed by atoms with Crippen molar-refractivity contribution in [3.63, 3.8) is 0 Å². The van der Waals surface area contributed by atoms with Crippen molar-refractivity contribution in [1.82, 2.24) is 25.6 Å². The number of aryl methyl sites for hydroxylation is 1.